The number of alkyl halides is 1. The zero-order valence-electron chi connectivity index (χ0n) is 58.1. The van der Waals surface area contributed by atoms with Gasteiger partial charge in [0.15, 0.2) is 0 Å². The molecule has 4 aliphatic carbocycles. The largest absolute Gasteiger partial charge is 0.508 e. The Hall–Kier alpha value is -4.85. The molecule has 530 valence electrons. The molecule has 4 saturated carbocycles. The van der Waals surface area contributed by atoms with E-state index in [4.69, 9.17) is 59.3 Å². The van der Waals surface area contributed by atoms with Crippen LogP contribution in [-0.2, 0) is 45.4 Å². The summed E-state index contributed by atoms with van der Waals surface area (Å²) in [6.07, 6.45) is 27.6. The fraction of sp³-hybridized carbons (Fsp3) is 0.653. The van der Waals surface area contributed by atoms with Crippen molar-refractivity contribution in [3.8, 4) is 23.0 Å². The zero-order valence-corrected chi connectivity index (χ0v) is 60.5. The average Bonchev–Trinajstić information content (AvgIpc) is 2.19. The van der Waals surface area contributed by atoms with Gasteiger partial charge in [0, 0.05) is 31.6 Å². The first kappa shape index (κ1) is 86.2. The molecule has 0 heterocycles. The Morgan fingerprint density at radius 2 is 0.828 bits per heavy atom. The van der Waals surface area contributed by atoms with Gasteiger partial charge in [-0.1, -0.05) is 148 Å². The lowest BCUT2D eigenvalue weighted by atomic mass is 9.90. The van der Waals surface area contributed by atoms with Crippen LogP contribution in [0.4, 0.5) is 9.59 Å². The molecule has 8 N–H and O–H groups in total. The number of aliphatic hydroxyl groups excluding tert-OH is 3. The standard InChI is InChI=1S/C21H33NO4.C16H25NO2.C14H20O2.C8H17NO2.C7H13Br.C7H8O2.C2H6O.ClH/c1-21(2,3)26-20(23)22-12-13-24-15-18-10-7-11-19(14-18)25-16-17-8-5-4-6-9-17;17-9-10-18-12-15-7-4-8-16(11-15)19-13-14-5-2-1-3-6-14;15-10-13-7-4-8-14(9-13)16-11-12-5-2-1-3-6-12;1-5-6-9-7(10)11-8(2,3)4;8-6-7-4-2-1-3-5-7;8-5-6-2-1-3-7(9)4-6;1-2-3;/h7,10-11,14,17H,4-6,8-9,12-13,15-16H2,1-3H3,(H,22,23);4,7-8,11,14H,1-3,5-6,9-10,12-13,17H2;4,7-9,12,15H,1-3,5-6,10-11H2;5-6H2,1-4H3,(H,9,10);7H,1-6H2;1-4,8-9H,5H2;3H,2H2,1H3;1H. The van der Waals surface area contributed by atoms with Gasteiger partial charge in [-0.2, -0.15) is 0 Å². The number of carbonyl (C=O) groups excluding carboxylic acids is 2. The number of phenolic OH excluding ortho intramolecular Hbond substituents is 1. The molecule has 18 heteroatoms. The average molecular weight is 1390 g/mol. The van der Waals surface area contributed by atoms with Crippen LogP contribution in [0, 0.1) is 23.7 Å². The molecule has 0 saturated heterocycles. The van der Waals surface area contributed by atoms with E-state index in [-0.39, 0.29) is 44.1 Å². The number of hydrogen-bond donors (Lipinski definition) is 7. The van der Waals surface area contributed by atoms with Crippen molar-refractivity contribution >= 4 is 40.5 Å². The van der Waals surface area contributed by atoms with Crippen LogP contribution in [0.2, 0.25) is 0 Å². The molecule has 0 bridgehead atoms. The maximum Gasteiger partial charge on any atom is 0.407 e. The summed E-state index contributed by atoms with van der Waals surface area (Å²) in [4.78, 5) is 22.4. The van der Waals surface area contributed by atoms with Crippen LogP contribution in [-0.4, -0.2) is 108 Å². The summed E-state index contributed by atoms with van der Waals surface area (Å²) < 4.78 is 38.9. The van der Waals surface area contributed by atoms with Gasteiger partial charge < -0.3 is 70.0 Å². The van der Waals surface area contributed by atoms with Gasteiger partial charge in [-0.3, -0.25) is 0 Å². The molecule has 0 atom stereocenters. The van der Waals surface area contributed by atoms with Gasteiger partial charge >= 0.3 is 12.2 Å². The zero-order chi connectivity index (χ0) is 67.5. The molecule has 0 spiro atoms. The van der Waals surface area contributed by atoms with E-state index in [1.165, 1.54) is 140 Å². The van der Waals surface area contributed by atoms with Crippen molar-refractivity contribution in [3.05, 3.63) is 119 Å². The summed E-state index contributed by atoms with van der Waals surface area (Å²) in [6, 6.07) is 30.5. The number of carbonyl (C=O) groups is 2. The number of halogens is 2. The van der Waals surface area contributed by atoms with Gasteiger partial charge in [0.25, 0.3) is 0 Å². The molecule has 4 fully saturated rings. The molecule has 2 amide bonds. The van der Waals surface area contributed by atoms with Crippen LogP contribution in [0.5, 0.6) is 23.0 Å². The van der Waals surface area contributed by atoms with Crippen molar-refractivity contribution in [2.75, 3.05) is 64.6 Å². The number of rotatable bonds is 23. The third kappa shape index (κ3) is 47.7. The molecule has 4 aromatic carbocycles. The molecule has 0 radical (unpaired) electrons. The number of alkyl carbamates (subject to hydrolysis) is 2. The summed E-state index contributed by atoms with van der Waals surface area (Å²) in [7, 11) is 0. The van der Waals surface area contributed by atoms with Gasteiger partial charge in [-0.15, -0.1) is 12.4 Å². The van der Waals surface area contributed by atoms with E-state index in [9.17, 15) is 9.59 Å². The summed E-state index contributed by atoms with van der Waals surface area (Å²) in [5, 5.41) is 40.5. The van der Waals surface area contributed by atoms with E-state index < -0.39 is 17.3 Å². The Bertz CT molecular complexity index is 2440. The summed E-state index contributed by atoms with van der Waals surface area (Å²) in [6.45, 7) is 21.4. The molecular formula is C75H123BrClN3O13. The minimum Gasteiger partial charge on any atom is -0.508 e. The van der Waals surface area contributed by atoms with E-state index in [1.807, 2.05) is 109 Å². The maximum atomic E-state index is 11.5. The van der Waals surface area contributed by atoms with Crippen LogP contribution in [0.25, 0.3) is 0 Å². The Morgan fingerprint density at radius 1 is 0.495 bits per heavy atom. The first-order valence-electron chi connectivity index (χ1n) is 34.4. The predicted octanol–water partition coefficient (Wildman–Crippen LogP) is 17.1. The number of amides is 2. The quantitative estimate of drug-likeness (QED) is 0.0271. The van der Waals surface area contributed by atoms with E-state index in [0.29, 0.717) is 52.0 Å². The Morgan fingerprint density at radius 3 is 1.15 bits per heavy atom. The highest BCUT2D eigenvalue weighted by Gasteiger charge is 2.19. The van der Waals surface area contributed by atoms with Crippen molar-refractivity contribution in [2.45, 2.75) is 228 Å². The molecule has 0 aliphatic heterocycles. The number of aliphatic hydroxyl groups is 3. The van der Waals surface area contributed by atoms with Gasteiger partial charge in [0.05, 0.1) is 59.5 Å². The second kappa shape index (κ2) is 54.3. The molecule has 8 rings (SSSR count). The van der Waals surface area contributed by atoms with Gasteiger partial charge in [-0.05, 0) is 201 Å². The van der Waals surface area contributed by atoms with Gasteiger partial charge in [0.2, 0.25) is 0 Å². The highest BCUT2D eigenvalue weighted by atomic mass is 79.9. The first-order valence-corrected chi connectivity index (χ1v) is 35.5. The Labute approximate surface area is 575 Å². The van der Waals surface area contributed by atoms with Crippen LogP contribution < -0.4 is 30.6 Å². The Kier molecular flexibility index (Phi) is 50.3. The molecule has 0 aromatic heterocycles. The smallest absolute Gasteiger partial charge is 0.407 e. The topological polar surface area (TPSA) is 230 Å². The molecule has 16 nitrogen and oxygen atoms in total. The SMILES string of the molecule is BrCC1CCCCC1.CC(C)(C)OC(=O)NCCOCc1cccc(OCC2CCCCC2)c1.CCCNC(=O)OC(C)(C)C.CCO.Cl.NCCOCc1cccc(OCC2CCCCC2)c1.OCc1cccc(O)c1.OCc1cccc(OCC2CCCCC2)c1. The normalized spacial score (nSPS) is 15.1. The number of nitrogens with one attached hydrogen (secondary N) is 2. The van der Waals surface area contributed by atoms with Gasteiger partial charge in [-0.25, -0.2) is 9.59 Å². The maximum absolute atomic E-state index is 11.5. The molecule has 4 aromatic rings. The van der Waals surface area contributed by atoms with Crippen molar-refractivity contribution < 1.29 is 63.2 Å². The fourth-order valence-electron chi connectivity index (χ4n) is 10.4. The predicted molar refractivity (Wildman–Crippen MR) is 383 cm³/mol. The number of phenols is 1. The number of hydrogen-bond acceptors (Lipinski definition) is 14. The van der Waals surface area contributed by atoms with E-state index in [1.54, 1.807) is 25.1 Å². The first-order chi connectivity index (χ1) is 44.3. The number of nitrogens with two attached hydrogens (primary N) is 1. The second-order valence-corrected chi connectivity index (χ2v) is 26.7. The highest BCUT2D eigenvalue weighted by molar-refractivity contribution is 9.09. The minimum absolute atomic E-state index is 0. The van der Waals surface area contributed by atoms with Crippen molar-refractivity contribution in [1.82, 2.24) is 10.6 Å². The number of benzene rings is 4. The Balaban J connectivity index is 0.000000576. The lowest BCUT2D eigenvalue weighted by Crippen LogP contribution is -2.34. The molecule has 4 aliphatic rings. The minimum atomic E-state index is -0.483. The third-order valence-electron chi connectivity index (χ3n) is 15.2. The fourth-order valence-corrected chi connectivity index (χ4v) is 11.1. The highest BCUT2D eigenvalue weighted by Crippen LogP contribution is 2.28. The molecule has 93 heavy (non-hydrogen) atoms. The van der Waals surface area contributed by atoms with Gasteiger partial charge in [0.1, 0.15) is 34.2 Å². The van der Waals surface area contributed by atoms with E-state index >= 15 is 0 Å². The summed E-state index contributed by atoms with van der Waals surface area (Å²) >= 11 is 3.51. The van der Waals surface area contributed by atoms with Crippen LogP contribution >= 0.6 is 28.3 Å². The lowest BCUT2D eigenvalue weighted by molar-refractivity contribution is 0.0490. The second-order valence-electron chi connectivity index (χ2n) is 26.1. The molecular weight excluding hydrogens is 1270 g/mol. The van der Waals surface area contributed by atoms with Crippen LogP contribution in [0.3, 0.4) is 0 Å². The summed E-state index contributed by atoms with van der Waals surface area (Å²) in [5.41, 5.74) is 8.40. The van der Waals surface area contributed by atoms with Crippen molar-refractivity contribution in [2.24, 2.45) is 29.4 Å². The van der Waals surface area contributed by atoms with E-state index in [0.717, 1.165) is 83.5 Å². The summed E-state index contributed by atoms with van der Waals surface area (Å²) in [5.74, 6) is 6.12. The monoisotopic (exact) mass is 1390 g/mol. The van der Waals surface area contributed by atoms with E-state index in [2.05, 4.69) is 38.7 Å². The number of aromatic hydroxyl groups is 1. The van der Waals surface area contributed by atoms with Crippen LogP contribution in [0.1, 0.15) is 212 Å². The third-order valence-corrected chi connectivity index (χ3v) is 16.1. The van der Waals surface area contributed by atoms with Crippen molar-refractivity contribution in [3.63, 3.8) is 0 Å². The van der Waals surface area contributed by atoms with Crippen molar-refractivity contribution in [1.29, 1.82) is 0 Å². The lowest BCUT2D eigenvalue weighted by Gasteiger charge is -2.21. The molecule has 0 unspecified atom stereocenters. The number of ether oxygens (including phenoxy) is 7. The van der Waals surface area contributed by atoms with Crippen LogP contribution in [0.15, 0.2) is 97.1 Å².